The minimum absolute atomic E-state index is 0.0973. The van der Waals surface area contributed by atoms with Crippen molar-refractivity contribution in [2.24, 2.45) is 0 Å². The van der Waals surface area contributed by atoms with E-state index in [0.717, 1.165) is 0 Å². The van der Waals surface area contributed by atoms with Gasteiger partial charge < -0.3 is 23.8 Å². The summed E-state index contributed by atoms with van der Waals surface area (Å²) >= 11 is 0. The molecule has 2 aliphatic heterocycles. The number of nitrogens with one attached hydrogen (secondary N) is 2. The van der Waals surface area contributed by atoms with Crippen molar-refractivity contribution >= 4 is 11.8 Å². The van der Waals surface area contributed by atoms with Crippen molar-refractivity contribution in [2.45, 2.75) is 57.6 Å². The second-order valence-electron chi connectivity index (χ2n) is 5.08. The molecule has 2 fully saturated rings. The highest BCUT2D eigenvalue weighted by Gasteiger charge is 2.58. The lowest BCUT2D eigenvalue weighted by atomic mass is 10.1. The summed E-state index contributed by atoms with van der Waals surface area (Å²) in [6.07, 6.45) is -2.30. The van der Waals surface area contributed by atoms with E-state index in [4.69, 9.17) is 29.2 Å². The van der Waals surface area contributed by atoms with Crippen LogP contribution in [0.4, 0.5) is 0 Å². The first-order valence-electron chi connectivity index (χ1n) is 6.46. The first kappa shape index (κ1) is 15.2. The van der Waals surface area contributed by atoms with Gasteiger partial charge in [0.2, 0.25) is 0 Å². The van der Waals surface area contributed by atoms with Crippen LogP contribution >= 0.6 is 0 Å². The van der Waals surface area contributed by atoms with Crippen molar-refractivity contribution in [2.75, 3.05) is 7.11 Å². The lowest BCUT2D eigenvalue weighted by Crippen LogP contribution is -2.40. The fourth-order valence-electron chi connectivity index (χ4n) is 2.18. The summed E-state index contributed by atoms with van der Waals surface area (Å²) < 4.78 is 21.9. The van der Waals surface area contributed by atoms with Gasteiger partial charge in [-0.25, -0.2) is 10.3 Å². The molecule has 114 valence electrons. The standard InChI is InChI=1S/C12H20N2O6/c1-5-6(13)14-20-10(15)8-7-9(11(16-4)17-8)19-12(2,3)18-7/h7-9,11H,5H2,1-4H3,(H2,13,14)/t7-,8-,9+,11+/m0/s1. The van der Waals surface area contributed by atoms with Crippen LogP contribution in [0.5, 0.6) is 0 Å². The van der Waals surface area contributed by atoms with E-state index in [-0.39, 0.29) is 5.84 Å². The lowest BCUT2D eigenvalue weighted by molar-refractivity contribution is -0.231. The predicted molar refractivity (Wildman–Crippen MR) is 66.7 cm³/mol. The van der Waals surface area contributed by atoms with Gasteiger partial charge >= 0.3 is 5.97 Å². The smallest absolute Gasteiger partial charge is 0.353 e. The first-order valence-corrected chi connectivity index (χ1v) is 6.46. The van der Waals surface area contributed by atoms with Crippen LogP contribution in [0.2, 0.25) is 0 Å². The van der Waals surface area contributed by atoms with Gasteiger partial charge in [-0.05, 0) is 13.8 Å². The third kappa shape index (κ3) is 2.93. The fraction of sp³-hybridized carbons (Fsp3) is 0.833. The molecule has 20 heavy (non-hydrogen) atoms. The highest BCUT2D eigenvalue weighted by Crippen LogP contribution is 2.39. The predicted octanol–water partition coefficient (Wildman–Crippen LogP) is 0.313. The van der Waals surface area contributed by atoms with Gasteiger partial charge in [-0.1, -0.05) is 6.92 Å². The van der Waals surface area contributed by atoms with E-state index < -0.39 is 36.4 Å². The molecule has 0 aliphatic carbocycles. The highest BCUT2D eigenvalue weighted by molar-refractivity contribution is 5.81. The Morgan fingerprint density at radius 3 is 2.60 bits per heavy atom. The number of carbonyl (C=O) groups is 1. The number of hydroxylamine groups is 1. The van der Waals surface area contributed by atoms with E-state index in [2.05, 4.69) is 5.48 Å². The van der Waals surface area contributed by atoms with E-state index in [1.165, 1.54) is 7.11 Å². The number of carbonyl (C=O) groups excluding carboxylic acids is 1. The molecule has 2 aliphatic rings. The summed E-state index contributed by atoms with van der Waals surface area (Å²) in [5, 5.41) is 7.38. The molecule has 4 atom stereocenters. The van der Waals surface area contributed by atoms with Gasteiger partial charge in [-0.3, -0.25) is 5.41 Å². The molecule has 0 spiro atoms. The Balaban J connectivity index is 2.01. The Morgan fingerprint density at radius 2 is 2.00 bits per heavy atom. The number of ether oxygens (including phenoxy) is 4. The molecule has 8 heteroatoms. The second kappa shape index (κ2) is 5.65. The SMILES string of the molecule is CCC(=N)NOC(=O)[C@H]1O[C@@H](OC)[C@@H]2OC(C)(C)O[C@H]21. The summed E-state index contributed by atoms with van der Waals surface area (Å²) in [5.41, 5.74) is 2.26. The maximum atomic E-state index is 12.0. The summed E-state index contributed by atoms with van der Waals surface area (Å²) in [4.78, 5) is 16.8. The second-order valence-corrected chi connectivity index (χ2v) is 5.08. The van der Waals surface area contributed by atoms with E-state index in [9.17, 15) is 4.79 Å². The maximum absolute atomic E-state index is 12.0. The maximum Gasteiger partial charge on any atom is 0.363 e. The van der Waals surface area contributed by atoms with E-state index in [1.54, 1.807) is 20.8 Å². The monoisotopic (exact) mass is 288 g/mol. The molecular weight excluding hydrogens is 268 g/mol. The zero-order valence-corrected chi connectivity index (χ0v) is 12.0. The lowest BCUT2D eigenvalue weighted by Gasteiger charge is -2.22. The van der Waals surface area contributed by atoms with Crippen molar-refractivity contribution in [3.8, 4) is 0 Å². The number of rotatable bonds is 3. The van der Waals surface area contributed by atoms with Crippen molar-refractivity contribution in [1.82, 2.24) is 5.48 Å². The Kier molecular flexibility index (Phi) is 4.28. The van der Waals surface area contributed by atoms with Crippen LogP contribution in [0.3, 0.4) is 0 Å². The zero-order chi connectivity index (χ0) is 14.9. The van der Waals surface area contributed by atoms with Crippen LogP contribution < -0.4 is 5.48 Å². The molecule has 2 saturated heterocycles. The molecule has 2 rings (SSSR count). The van der Waals surface area contributed by atoms with Gasteiger partial charge in [0.1, 0.15) is 18.0 Å². The normalized spacial score (nSPS) is 34.6. The van der Waals surface area contributed by atoms with Gasteiger partial charge in [-0.2, -0.15) is 0 Å². The summed E-state index contributed by atoms with van der Waals surface area (Å²) in [7, 11) is 1.47. The van der Waals surface area contributed by atoms with Gasteiger partial charge in [0.05, 0.1) is 0 Å². The van der Waals surface area contributed by atoms with Gasteiger partial charge in [0.25, 0.3) is 0 Å². The molecule has 0 amide bonds. The quantitative estimate of drug-likeness (QED) is 0.438. The van der Waals surface area contributed by atoms with Crippen LogP contribution in [-0.4, -0.2) is 49.3 Å². The summed E-state index contributed by atoms with van der Waals surface area (Å²) in [6.45, 7) is 5.28. The molecule has 8 nitrogen and oxygen atoms in total. The number of amidine groups is 1. The minimum atomic E-state index is -0.955. The summed E-state index contributed by atoms with van der Waals surface area (Å²) in [5.74, 6) is -1.38. The van der Waals surface area contributed by atoms with Crippen LogP contribution in [0.25, 0.3) is 0 Å². The molecule has 0 aromatic carbocycles. The molecule has 0 aromatic rings. The van der Waals surface area contributed by atoms with E-state index in [0.29, 0.717) is 6.42 Å². The van der Waals surface area contributed by atoms with Crippen molar-refractivity contribution in [3.63, 3.8) is 0 Å². The van der Waals surface area contributed by atoms with Crippen molar-refractivity contribution < 1.29 is 28.6 Å². The Morgan fingerprint density at radius 1 is 1.35 bits per heavy atom. The van der Waals surface area contributed by atoms with Crippen LogP contribution in [0.15, 0.2) is 0 Å². The number of methoxy groups -OCH3 is 1. The van der Waals surface area contributed by atoms with Crippen molar-refractivity contribution in [3.05, 3.63) is 0 Å². The molecule has 0 unspecified atom stereocenters. The average Bonchev–Trinajstić information content (AvgIpc) is 2.88. The average molecular weight is 288 g/mol. The fourth-order valence-corrected chi connectivity index (χ4v) is 2.18. The Bertz CT molecular complexity index is 399. The third-order valence-electron chi connectivity index (χ3n) is 3.10. The van der Waals surface area contributed by atoms with Crippen molar-refractivity contribution in [1.29, 1.82) is 5.41 Å². The van der Waals surface area contributed by atoms with Crippen LogP contribution in [-0.2, 0) is 28.6 Å². The van der Waals surface area contributed by atoms with Crippen LogP contribution in [0, 0.1) is 5.41 Å². The van der Waals surface area contributed by atoms with Gasteiger partial charge in [0, 0.05) is 13.5 Å². The molecule has 0 radical (unpaired) electrons. The largest absolute Gasteiger partial charge is 0.363 e. The molecule has 0 aromatic heterocycles. The summed E-state index contributed by atoms with van der Waals surface area (Å²) in [6, 6.07) is 0. The number of hydrogen-bond acceptors (Lipinski definition) is 7. The van der Waals surface area contributed by atoms with E-state index >= 15 is 0 Å². The zero-order valence-electron chi connectivity index (χ0n) is 12.0. The van der Waals surface area contributed by atoms with Gasteiger partial charge in [0.15, 0.2) is 18.2 Å². The topological polar surface area (TPSA) is 99.1 Å². The molecular formula is C12H20N2O6. The molecule has 2 heterocycles. The first-order chi connectivity index (χ1) is 9.38. The third-order valence-corrected chi connectivity index (χ3v) is 3.10. The Hall–Kier alpha value is -1.22. The molecule has 0 bridgehead atoms. The number of hydrogen-bond donors (Lipinski definition) is 2. The molecule has 2 N–H and O–H groups in total. The van der Waals surface area contributed by atoms with E-state index in [1.807, 2.05) is 0 Å². The number of fused-ring (bicyclic) bond motifs is 1. The highest BCUT2D eigenvalue weighted by atomic mass is 16.8. The van der Waals surface area contributed by atoms with Crippen LogP contribution in [0.1, 0.15) is 27.2 Å². The Labute approximate surface area is 117 Å². The van der Waals surface area contributed by atoms with Gasteiger partial charge in [-0.15, -0.1) is 0 Å². The minimum Gasteiger partial charge on any atom is -0.353 e. The molecule has 0 saturated carbocycles.